The summed E-state index contributed by atoms with van der Waals surface area (Å²) >= 11 is 1.48. The van der Waals surface area contributed by atoms with Gasteiger partial charge in [0.2, 0.25) is 0 Å². The number of thiophene rings is 1. The third-order valence-electron chi connectivity index (χ3n) is 3.78. The van der Waals surface area contributed by atoms with Crippen LogP contribution in [-0.2, 0) is 4.79 Å². The van der Waals surface area contributed by atoms with Gasteiger partial charge in [-0.1, -0.05) is 24.3 Å². The first-order valence-electron chi connectivity index (χ1n) is 8.81. The molecule has 0 aliphatic rings. The minimum absolute atomic E-state index is 0.171. The molecule has 0 aliphatic carbocycles. The molecular weight excluding hydrogens is 372 g/mol. The van der Waals surface area contributed by atoms with E-state index >= 15 is 0 Å². The maximum absolute atomic E-state index is 12.8. The smallest absolute Gasteiger partial charge is 0.272 e. The molecule has 6 heteroatoms. The highest BCUT2D eigenvalue weighted by molar-refractivity contribution is 7.10. The largest absolute Gasteiger partial charge is 0.494 e. The van der Waals surface area contributed by atoms with Gasteiger partial charge < -0.3 is 15.4 Å². The van der Waals surface area contributed by atoms with Gasteiger partial charge in [0.1, 0.15) is 11.4 Å². The SMILES string of the molecule is CCOc1ccc(NC(=O)/C(=C/c2cccs2)NC(=O)c2ccccc2)cc1. The molecule has 0 bridgehead atoms. The molecule has 1 aromatic heterocycles. The second-order valence-electron chi connectivity index (χ2n) is 5.81. The van der Waals surface area contributed by atoms with Crippen molar-refractivity contribution in [3.05, 3.63) is 88.2 Å². The molecule has 1 heterocycles. The van der Waals surface area contributed by atoms with Crippen molar-refractivity contribution in [1.29, 1.82) is 0 Å². The summed E-state index contributed by atoms with van der Waals surface area (Å²) in [5, 5.41) is 7.43. The van der Waals surface area contributed by atoms with Gasteiger partial charge in [0.15, 0.2) is 0 Å². The van der Waals surface area contributed by atoms with Crippen LogP contribution < -0.4 is 15.4 Å². The molecule has 3 aromatic rings. The van der Waals surface area contributed by atoms with Crippen molar-refractivity contribution in [2.45, 2.75) is 6.92 Å². The van der Waals surface area contributed by atoms with Crippen LogP contribution in [0.5, 0.6) is 5.75 Å². The Hall–Kier alpha value is -3.38. The topological polar surface area (TPSA) is 67.4 Å². The summed E-state index contributed by atoms with van der Waals surface area (Å²) in [6, 6.07) is 19.6. The Bertz CT molecular complexity index is 949. The molecular formula is C22H20N2O3S. The highest BCUT2D eigenvalue weighted by atomic mass is 32.1. The van der Waals surface area contributed by atoms with Crippen LogP contribution in [0.25, 0.3) is 6.08 Å². The highest BCUT2D eigenvalue weighted by Crippen LogP contribution is 2.18. The molecule has 5 nitrogen and oxygen atoms in total. The van der Waals surface area contributed by atoms with E-state index < -0.39 is 5.91 Å². The van der Waals surface area contributed by atoms with Crippen molar-refractivity contribution in [3.63, 3.8) is 0 Å². The number of ether oxygens (including phenoxy) is 1. The number of anilines is 1. The lowest BCUT2D eigenvalue weighted by Gasteiger charge is -2.11. The lowest BCUT2D eigenvalue weighted by Crippen LogP contribution is -2.30. The fraction of sp³-hybridized carbons (Fsp3) is 0.0909. The molecule has 0 spiro atoms. The van der Waals surface area contributed by atoms with E-state index in [0.29, 0.717) is 17.9 Å². The average molecular weight is 392 g/mol. The van der Waals surface area contributed by atoms with Crippen LogP contribution in [-0.4, -0.2) is 18.4 Å². The van der Waals surface area contributed by atoms with E-state index in [1.165, 1.54) is 11.3 Å². The Balaban J connectivity index is 1.78. The summed E-state index contributed by atoms with van der Waals surface area (Å²) in [6.45, 7) is 2.48. The van der Waals surface area contributed by atoms with Gasteiger partial charge in [0.05, 0.1) is 6.61 Å². The predicted molar refractivity (Wildman–Crippen MR) is 112 cm³/mol. The Kier molecular flexibility index (Phi) is 6.59. The Labute approximate surface area is 167 Å². The van der Waals surface area contributed by atoms with E-state index in [-0.39, 0.29) is 11.6 Å². The van der Waals surface area contributed by atoms with Crippen LogP contribution in [0.3, 0.4) is 0 Å². The number of hydrogen-bond donors (Lipinski definition) is 2. The van der Waals surface area contributed by atoms with Gasteiger partial charge in [-0.25, -0.2) is 0 Å². The van der Waals surface area contributed by atoms with Crippen molar-refractivity contribution in [1.82, 2.24) is 5.32 Å². The number of benzene rings is 2. The zero-order chi connectivity index (χ0) is 19.8. The molecule has 3 rings (SSSR count). The van der Waals surface area contributed by atoms with Gasteiger partial charge in [-0.15, -0.1) is 11.3 Å². The number of hydrogen-bond acceptors (Lipinski definition) is 4. The van der Waals surface area contributed by atoms with E-state index in [1.807, 2.05) is 30.5 Å². The molecule has 2 amide bonds. The van der Waals surface area contributed by atoms with Crippen molar-refractivity contribution in [3.8, 4) is 5.75 Å². The lowest BCUT2D eigenvalue weighted by atomic mass is 10.2. The molecule has 0 aliphatic heterocycles. The monoisotopic (exact) mass is 392 g/mol. The van der Waals surface area contributed by atoms with Crippen LogP contribution in [0.15, 0.2) is 77.8 Å². The number of amides is 2. The van der Waals surface area contributed by atoms with Gasteiger partial charge in [0, 0.05) is 16.1 Å². The molecule has 28 heavy (non-hydrogen) atoms. The normalized spacial score (nSPS) is 11.0. The van der Waals surface area contributed by atoms with Crippen LogP contribution in [0, 0.1) is 0 Å². The first kappa shape index (κ1) is 19.4. The van der Waals surface area contributed by atoms with E-state index in [0.717, 1.165) is 10.6 Å². The number of nitrogens with one attached hydrogen (secondary N) is 2. The highest BCUT2D eigenvalue weighted by Gasteiger charge is 2.15. The predicted octanol–water partition coefficient (Wildman–Crippen LogP) is 4.56. The first-order valence-corrected chi connectivity index (χ1v) is 9.69. The molecule has 0 fully saturated rings. The summed E-state index contributed by atoms with van der Waals surface area (Å²) in [6.07, 6.45) is 1.66. The molecule has 0 unspecified atom stereocenters. The fourth-order valence-corrected chi connectivity index (χ4v) is 3.11. The molecule has 0 atom stereocenters. The molecule has 142 valence electrons. The number of rotatable bonds is 7. The Morgan fingerprint density at radius 1 is 1.00 bits per heavy atom. The maximum Gasteiger partial charge on any atom is 0.272 e. The second kappa shape index (κ2) is 9.53. The number of carbonyl (C=O) groups excluding carboxylic acids is 2. The summed E-state index contributed by atoms with van der Waals surface area (Å²) in [4.78, 5) is 26.2. The summed E-state index contributed by atoms with van der Waals surface area (Å²) in [7, 11) is 0. The summed E-state index contributed by atoms with van der Waals surface area (Å²) in [5.74, 6) is -0.0145. The van der Waals surface area contributed by atoms with E-state index in [9.17, 15) is 9.59 Å². The van der Waals surface area contributed by atoms with Crippen LogP contribution >= 0.6 is 11.3 Å². The summed E-state index contributed by atoms with van der Waals surface area (Å²) in [5.41, 5.74) is 1.26. The molecule has 0 saturated carbocycles. The van der Waals surface area contributed by atoms with E-state index in [4.69, 9.17) is 4.74 Å². The minimum Gasteiger partial charge on any atom is -0.494 e. The number of carbonyl (C=O) groups is 2. The molecule has 2 N–H and O–H groups in total. The standard InChI is InChI=1S/C22H20N2O3S/c1-2-27-18-12-10-17(11-13-18)23-22(26)20(15-19-9-6-14-28-19)24-21(25)16-7-4-3-5-8-16/h3-15H,2H2,1H3,(H,23,26)(H,24,25)/b20-15-. The van der Waals surface area contributed by atoms with Gasteiger partial charge >= 0.3 is 0 Å². The van der Waals surface area contributed by atoms with Crippen molar-refractivity contribution >= 4 is 34.9 Å². The van der Waals surface area contributed by atoms with Crippen LogP contribution in [0.4, 0.5) is 5.69 Å². The fourth-order valence-electron chi connectivity index (χ4n) is 2.46. The molecule has 0 saturated heterocycles. The third kappa shape index (κ3) is 5.31. The quantitative estimate of drug-likeness (QED) is 0.580. The second-order valence-corrected chi connectivity index (χ2v) is 6.78. The van der Waals surface area contributed by atoms with Crippen LogP contribution in [0.2, 0.25) is 0 Å². The Morgan fingerprint density at radius 2 is 1.75 bits per heavy atom. The Morgan fingerprint density at radius 3 is 2.39 bits per heavy atom. The van der Waals surface area contributed by atoms with Gasteiger partial charge in [-0.05, 0) is 60.8 Å². The van der Waals surface area contributed by atoms with Gasteiger partial charge in [-0.3, -0.25) is 9.59 Å². The van der Waals surface area contributed by atoms with E-state index in [2.05, 4.69) is 10.6 Å². The third-order valence-corrected chi connectivity index (χ3v) is 4.60. The molecule has 2 aromatic carbocycles. The summed E-state index contributed by atoms with van der Waals surface area (Å²) < 4.78 is 5.41. The maximum atomic E-state index is 12.8. The average Bonchev–Trinajstić information content (AvgIpc) is 3.23. The van der Waals surface area contributed by atoms with Crippen LogP contribution in [0.1, 0.15) is 22.2 Å². The molecule has 0 radical (unpaired) electrons. The lowest BCUT2D eigenvalue weighted by molar-refractivity contribution is -0.113. The van der Waals surface area contributed by atoms with Gasteiger partial charge in [0.25, 0.3) is 11.8 Å². The minimum atomic E-state index is -0.401. The van der Waals surface area contributed by atoms with Gasteiger partial charge in [-0.2, -0.15) is 0 Å². The zero-order valence-corrected chi connectivity index (χ0v) is 16.2. The van der Waals surface area contributed by atoms with Crippen molar-refractivity contribution < 1.29 is 14.3 Å². The zero-order valence-electron chi connectivity index (χ0n) is 15.3. The van der Waals surface area contributed by atoms with E-state index in [1.54, 1.807) is 54.6 Å². The first-order chi connectivity index (χ1) is 13.7. The van der Waals surface area contributed by atoms with Crippen molar-refractivity contribution in [2.24, 2.45) is 0 Å². The van der Waals surface area contributed by atoms with Crippen molar-refractivity contribution in [2.75, 3.05) is 11.9 Å².